The molecule has 0 radical (unpaired) electrons. The Bertz CT molecular complexity index is 346. The third-order valence-electron chi connectivity index (χ3n) is 4.32. The van der Waals surface area contributed by atoms with E-state index in [1.165, 1.54) is 0 Å². The fourth-order valence-corrected chi connectivity index (χ4v) is 3.51. The van der Waals surface area contributed by atoms with Crippen molar-refractivity contribution >= 4 is 8.81 Å². The van der Waals surface area contributed by atoms with Gasteiger partial charge in [-0.3, -0.25) is 0 Å². The van der Waals surface area contributed by atoms with E-state index in [0.717, 1.165) is 6.16 Å². The molecule has 1 saturated heterocycles. The Kier molecular flexibility index (Phi) is 8.52. The monoisotopic (exact) mass is 332 g/mol. The lowest BCUT2D eigenvalue weighted by Gasteiger charge is -2.22. The molecule has 1 N–H and O–H groups in total. The summed E-state index contributed by atoms with van der Waals surface area (Å²) >= 11 is 0. The Morgan fingerprint density at radius 3 is 2.50 bits per heavy atom. The molecule has 1 fully saturated rings. The van der Waals surface area contributed by atoms with Gasteiger partial charge in [-0.05, 0) is 38.3 Å². The fraction of sp³-hybridized carbons (Fsp3) is 0.882. The zero-order valence-corrected chi connectivity index (χ0v) is 15.8. The van der Waals surface area contributed by atoms with Gasteiger partial charge in [-0.1, -0.05) is 32.9 Å². The van der Waals surface area contributed by atoms with Gasteiger partial charge in [-0.2, -0.15) is 0 Å². The Morgan fingerprint density at radius 2 is 1.91 bits per heavy atom. The van der Waals surface area contributed by atoms with Crippen molar-refractivity contribution in [3.63, 3.8) is 0 Å². The van der Waals surface area contributed by atoms with Crippen LogP contribution in [0.4, 0.5) is 0 Å². The first-order valence-corrected chi connectivity index (χ1v) is 9.33. The van der Waals surface area contributed by atoms with Gasteiger partial charge in [0.1, 0.15) is 0 Å². The molecule has 1 rings (SSSR count). The highest BCUT2D eigenvalue weighted by molar-refractivity contribution is 7.32. The maximum atomic E-state index is 9.21. The summed E-state index contributed by atoms with van der Waals surface area (Å²) < 4.78 is 17.1. The average Bonchev–Trinajstić information content (AvgIpc) is 2.77. The molecule has 130 valence electrons. The van der Waals surface area contributed by atoms with Gasteiger partial charge in [0, 0.05) is 28.4 Å². The van der Waals surface area contributed by atoms with Crippen LogP contribution in [-0.2, 0) is 14.0 Å². The van der Waals surface area contributed by atoms with Gasteiger partial charge in [-0.25, -0.2) is 0 Å². The molecule has 0 aromatic rings. The summed E-state index contributed by atoms with van der Waals surface area (Å²) in [7, 11) is 2.33. The SMILES string of the molecule is COPC[C@H](C)[C@@H](C)/C=C\C(C)[C@H]1OC(C)(C)O[C@H]1CCO. The number of hydrogen-bond acceptors (Lipinski definition) is 4. The Labute approximate surface area is 137 Å². The standard InChI is InChI=1S/C17H33O4P/c1-12(14(3)11-22-19-6)7-8-13(2)16-15(9-10-18)20-17(4,5)21-16/h7-8,12-16,18,22H,9-11H2,1-6H3/b8-7-/t12-,13?,14-,15-,16+/m0/s1. The third-order valence-corrected chi connectivity index (χ3v) is 5.42. The number of aliphatic hydroxyl groups excluding tert-OH is 1. The second-order valence-corrected chi connectivity index (χ2v) is 7.89. The topological polar surface area (TPSA) is 47.9 Å². The minimum absolute atomic E-state index is 0.00163. The van der Waals surface area contributed by atoms with Gasteiger partial charge < -0.3 is 19.1 Å². The van der Waals surface area contributed by atoms with Crippen molar-refractivity contribution in [2.75, 3.05) is 19.9 Å². The summed E-state index contributed by atoms with van der Waals surface area (Å²) in [5.41, 5.74) is 0. The van der Waals surface area contributed by atoms with E-state index in [1.807, 2.05) is 13.8 Å². The van der Waals surface area contributed by atoms with Crippen molar-refractivity contribution in [1.29, 1.82) is 0 Å². The van der Waals surface area contributed by atoms with Crippen molar-refractivity contribution in [3.8, 4) is 0 Å². The van der Waals surface area contributed by atoms with Crippen molar-refractivity contribution < 1.29 is 19.1 Å². The van der Waals surface area contributed by atoms with E-state index in [-0.39, 0.29) is 24.7 Å². The van der Waals surface area contributed by atoms with E-state index in [9.17, 15) is 5.11 Å². The quantitative estimate of drug-likeness (QED) is 0.518. The molecule has 0 saturated carbocycles. The lowest BCUT2D eigenvalue weighted by molar-refractivity contribution is -0.149. The molecule has 0 aromatic carbocycles. The van der Waals surface area contributed by atoms with E-state index >= 15 is 0 Å². The van der Waals surface area contributed by atoms with Gasteiger partial charge in [-0.15, -0.1) is 0 Å². The van der Waals surface area contributed by atoms with Crippen LogP contribution < -0.4 is 0 Å². The molecule has 0 aliphatic carbocycles. The molecule has 22 heavy (non-hydrogen) atoms. The predicted octanol–water partition coefficient (Wildman–Crippen LogP) is 3.59. The summed E-state index contributed by atoms with van der Waals surface area (Å²) in [5, 5.41) is 9.21. The van der Waals surface area contributed by atoms with Crippen molar-refractivity contribution in [2.45, 2.75) is 59.0 Å². The summed E-state index contributed by atoms with van der Waals surface area (Å²) in [5.74, 6) is 0.812. The molecule has 2 unspecified atom stereocenters. The van der Waals surface area contributed by atoms with Crippen LogP contribution in [-0.4, -0.2) is 43.0 Å². The first kappa shape index (κ1) is 20.1. The molecule has 0 spiro atoms. The summed E-state index contributed by atoms with van der Waals surface area (Å²) in [6, 6.07) is 0. The molecule has 1 aliphatic heterocycles. The van der Waals surface area contributed by atoms with E-state index in [2.05, 4.69) is 32.9 Å². The molecule has 6 atom stereocenters. The van der Waals surface area contributed by atoms with Crippen LogP contribution in [0, 0.1) is 17.8 Å². The molecular formula is C17H33O4P. The number of ether oxygens (including phenoxy) is 2. The van der Waals surface area contributed by atoms with Crippen LogP contribution in [0.15, 0.2) is 12.2 Å². The molecular weight excluding hydrogens is 299 g/mol. The maximum Gasteiger partial charge on any atom is 0.163 e. The van der Waals surface area contributed by atoms with Crippen molar-refractivity contribution in [2.24, 2.45) is 17.8 Å². The average molecular weight is 332 g/mol. The minimum Gasteiger partial charge on any atom is -0.396 e. The van der Waals surface area contributed by atoms with Crippen LogP contribution >= 0.6 is 8.81 Å². The van der Waals surface area contributed by atoms with Crippen LogP contribution in [0.1, 0.15) is 41.0 Å². The molecule has 5 heteroatoms. The minimum atomic E-state index is -0.564. The van der Waals surface area contributed by atoms with E-state index in [1.54, 1.807) is 7.11 Å². The van der Waals surface area contributed by atoms with Gasteiger partial charge in [0.2, 0.25) is 0 Å². The second kappa shape index (κ2) is 9.34. The molecule has 1 aliphatic rings. The molecule has 0 amide bonds. The van der Waals surface area contributed by atoms with Gasteiger partial charge >= 0.3 is 0 Å². The highest BCUT2D eigenvalue weighted by Crippen LogP contribution is 2.34. The molecule has 0 bridgehead atoms. The Balaban J connectivity index is 2.58. The second-order valence-electron chi connectivity index (χ2n) is 6.78. The van der Waals surface area contributed by atoms with Gasteiger partial charge in [0.05, 0.1) is 12.2 Å². The summed E-state index contributed by atoms with van der Waals surface area (Å²) in [6.45, 7) is 10.7. The maximum absolute atomic E-state index is 9.21. The van der Waals surface area contributed by atoms with Crippen LogP contribution in [0.5, 0.6) is 0 Å². The van der Waals surface area contributed by atoms with Crippen LogP contribution in [0.2, 0.25) is 0 Å². The third kappa shape index (κ3) is 6.25. The van der Waals surface area contributed by atoms with Crippen molar-refractivity contribution in [3.05, 3.63) is 12.2 Å². The highest BCUT2D eigenvalue weighted by atomic mass is 31.1. The number of rotatable bonds is 9. The lowest BCUT2D eigenvalue weighted by atomic mass is 9.92. The van der Waals surface area contributed by atoms with Crippen molar-refractivity contribution in [1.82, 2.24) is 0 Å². The smallest absolute Gasteiger partial charge is 0.163 e. The largest absolute Gasteiger partial charge is 0.396 e. The molecule has 4 nitrogen and oxygen atoms in total. The predicted molar refractivity (Wildman–Crippen MR) is 92.4 cm³/mol. The molecule has 1 heterocycles. The van der Waals surface area contributed by atoms with Crippen LogP contribution in [0.25, 0.3) is 0 Å². The fourth-order valence-electron chi connectivity index (χ4n) is 2.71. The lowest BCUT2D eigenvalue weighted by Crippen LogP contribution is -2.29. The van der Waals surface area contributed by atoms with Gasteiger partial charge in [0.25, 0.3) is 0 Å². The Hall–Kier alpha value is 0.0100. The Morgan fingerprint density at radius 1 is 1.23 bits per heavy atom. The number of hydrogen-bond donors (Lipinski definition) is 1. The first-order chi connectivity index (χ1) is 10.3. The van der Waals surface area contributed by atoms with E-state index < -0.39 is 5.79 Å². The van der Waals surface area contributed by atoms with Crippen LogP contribution in [0.3, 0.4) is 0 Å². The van der Waals surface area contributed by atoms with Gasteiger partial charge in [0.15, 0.2) is 5.79 Å². The summed E-state index contributed by atoms with van der Waals surface area (Å²) in [4.78, 5) is 0. The molecule has 0 aromatic heterocycles. The zero-order chi connectivity index (χ0) is 16.8. The normalized spacial score (nSPS) is 29.4. The summed E-state index contributed by atoms with van der Waals surface area (Å²) in [6.07, 6.45) is 6.19. The zero-order valence-electron chi connectivity index (χ0n) is 14.8. The number of allylic oxidation sites excluding steroid dienone is 1. The first-order valence-electron chi connectivity index (χ1n) is 8.21. The highest BCUT2D eigenvalue weighted by Gasteiger charge is 2.42. The van der Waals surface area contributed by atoms with E-state index in [4.69, 9.17) is 14.0 Å². The van der Waals surface area contributed by atoms with E-state index in [0.29, 0.717) is 27.1 Å². The number of aliphatic hydroxyl groups is 1.